The van der Waals surface area contributed by atoms with Crippen LogP contribution in [0.5, 0.6) is 5.75 Å². The minimum atomic E-state index is -0.653. The highest BCUT2D eigenvalue weighted by molar-refractivity contribution is 5.53. The zero-order valence-electron chi connectivity index (χ0n) is 16.9. The van der Waals surface area contributed by atoms with E-state index in [1.165, 1.54) is 12.1 Å². The van der Waals surface area contributed by atoms with Crippen LogP contribution in [0.3, 0.4) is 0 Å². The molecule has 1 N–H and O–H groups in total. The van der Waals surface area contributed by atoms with Gasteiger partial charge in [-0.25, -0.2) is 4.39 Å². The molecule has 31 heavy (non-hydrogen) atoms. The van der Waals surface area contributed by atoms with Crippen molar-refractivity contribution in [3.63, 3.8) is 0 Å². The molecule has 1 saturated heterocycles. The van der Waals surface area contributed by atoms with E-state index in [0.717, 1.165) is 19.4 Å². The van der Waals surface area contributed by atoms with Gasteiger partial charge in [0.2, 0.25) is 11.7 Å². The number of hydrogen-bond acceptors (Lipinski definition) is 7. The molecule has 7 nitrogen and oxygen atoms in total. The lowest BCUT2D eigenvalue weighted by molar-refractivity contribution is 0.0561. The summed E-state index contributed by atoms with van der Waals surface area (Å²) in [5, 5.41) is 23.2. The third-order valence-electron chi connectivity index (χ3n) is 5.27. The number of halogens is 1. The molecule has 1 aliphatic rings. The van der Waals surface area contributed by atoms with Gasteiger partial charge in [0.15, 0.2) is 0 Å². The molecular formula is C23H23FN4O3. The minimum absolute atomic E-state index is 0.0650. The van der Waals surface area contributed by atoms with Gasteiger partial charge in [-0.15, -0.1) is 0 Å². The number of rotatable bonds is 7. The van der Waals surface area contributed by atoms with Gasteiger partial charge in [0.25, 0.3) is 0 Å². The zero-order valence-corrected chi connectivity index (χ0v) is 16.9. The number of likely N-dealkylation sites (tertiary alicyclic amines) is 1. The largest absolute Gasteiger partial charge is 0.491 e. The van der Waals surface area contributed by atoms with Crippen molar-refractivity contribution in [1.29, 1.82) is 5.26 Å². The maximum Gasteiger partial charge on any atom is 0.231 e. The van der Waals surface area contributed by atoms with E-state index in [4.69, 9.17) is 14.5 Å². The molecule has 1 aromatic heterocycles. The molecule has 0 aliphatic carbocycles. The molecule has 0 radical (unpaired) electrons. The SMILES string of the molecule is N#Cc1ccc(OCC(O)CN2CCCC(c3nc(-c4cccc(F)c4)no3)C2)cc1. The first-order valence-corrected chi connectivity index (χ1v) is 10.2. The Balaban J connectivity index is 1.30. The predicted octanol–water partition coefficient (Wildman–Crippen LogP) is 3.37. The van der Waals surface area contributed by atoms with Gasteiger partial charge < -0.3 is 14.4 Å². The number of benzene rings is 2. The van der Waals surface area contributed by atoms with Gasteiger partial charge in [-0.05, 0) is 55.8 Å². The van der Waals surface area contributed by atoms with Crippen LogP contribution in [0, 0.1) is 17.1 Å². The summed E-state index contributed by atoms with van der Waals surface area (Å²) in [6.45, 7) is 2.20. The topological polar surface area (TPSA) is 95.4 Å². The van der Waals surface area contributed by atoms with E-state index in [1.807, 2.05) is 0 Å². The molecule has 0 spiro atoms. The first-order chi connectivity index (χ1) is 15.1. The van der Waals surface area contributed by atoms with E-state index in [-0.39, 0.29) is 18.3 Å². The lowest BCUT2D eigenvalue weighted by Crippen LogP contribution is -2.41. The quantitative estimate of drug-likeness (QED) is 0.624. The van der Waals surface area contributed by atoms with E-state index in [1.54, 1.807) is 36.4 Å². The van der Waals surface area contributed by atoms with Crippen molar-refractivity contribution in [2.75, 3.05) is 26.2 Å². The normalized spacial score (nSPS) is 17.8. The smallest absolute Gasteiger partial charge is 0.231 e. The summed E-state index contributed by atoms with van der Waals surface area (Å²) in [5.74, 6) is 1.25. The third kappa shape index (κ3) is 5.45. The lowest BCUT2D eigenvalue weighted by Gasteiger charge is -2.32. The highest BCUT2D eigenvalue weighted by atomic mass is 19.1. The summed E-state index contributed by atoms with van der Waals surface area (Å²) < 4.78 is 24.5. The summed E-state index contributed by atoms with van der Waals surface area (Å²) >= 11 is 0. The summed E-state index contributed by atoms with van der Waals surface area (Å²) in [7, 11) is 0. The Morgan fingerprint density at radius 2 is 2.13 bits per heavy atom. The molecule has 160 valence electrons. The van der Waals surface area contributed by atoms with Crippen LogP contribution < -0.4 is 4.74 Å². The predicted molar refractivity (Wildman–Crippen MR) is 111 cm³/mol. The average molecular weight is 422 g/mol. The van der Waals surface area contributed by atoms with Crippen molar-refractivity contribution >= 4 is 0 Å². The number of aromatic nitrogens is 2. The number of aliphatic hydroxyl groups excluding tert-OH is 1. The molecule has 4 rings (SSSR count). The number of hydrogen-bond donors (Lipinski definition) is 1. The van der Waals surface area contributed by atoms with Crippen molar-refractivity contribution in [3.05, 3.63) is 65.8 Å². The highest BCUT2D eigenvalue weighted by Crippen LogP contribution is 2.28. The van der Waals surface area contributed by atoms with Crippen LogP contribution in [-0.4, -0.2) is 52.5 Å². The lowest BCUT2D eigenvalue weighted by atomic mass is 9.97. The molecule has 0 saturated carbocycles. The van der Waals surface area contributed by atoms with E-state index in [2.05, 4.69) is 21.1 Å². The maximum absolute atomic E-state index is 13.5. The van der Waals surface area contributed by atoms with Crippen LogP contribution >= 0.6 is 0 Å². The molecule has 1 fully saturated rings. The molecule has 3 aromatic rings. The second-order valence-corrected chi connectivity index (χ2v) is 7.67. The van der Waals surface area contributed by atoms with Crippen LogP contribution in [0.2, 0.25) is 0 Å². The zero-order chi connectivity index (χ0) is 21.6. The number of aliphatic hydroxyl groups is 1. The summed E-state index contributed by atoms with van der Waals surface area (Å²) in [6, 6.07) is 15.0. The van der Waals surface area contributed by atoms with Crippen LogP contribution in [0.1, 0.15) is 30.2 Å². The summed E-state index contributed by atoms with van der Waals surface area (Å²) in [4.78, 5) is 6.63. The van der Waals surface area contributed by atoms with Gasteiger partial charge in [0.05, 0.1) is 17.6 Å². The van der Waals surface area contributed by atoms with Crippen molar-refractivity contribution in [3.8, 4) is 23.2 Å². The summed E-state index contributed by atoms with van der Waals surface area (Å²) in [6.07, 6.45) is 1.21. The maximum atomic E-state index is 13.5. The Hall–Kier alpha value is -3.28. The first-order valence-electron chi connectivity index (χ1n) is 10.2. The third-order valence-corrected chi connectivity index (χ3v) is 5.27. The molecule has 0 amide bonds. The number of ether oxygens (including phenoxy) is 1. The second-order valence-electron chi connectivity index (χ2n) is 7.67. The Kier molecular flexibility index (Phi) is 6.55. The molecule has 2 aromatic carbocycles. The molecule has 8 heteroatoms. The van der Waals surface area contributed by atoms with Crippen LogP contribution in [0.4, 0.5) is 4.39 Å². The van der Waals surface area contributed by atoms with Crippen molar-refractivity contribution in [2.45, 2.75) is 24.9 Å². The van der Waals surface area contributed by atoms with Crippen molar-refractivity contribution in [2.24, 2.45) is 0 Å². The van der Waals surface area contributed by atoms with Crippen LogP contribution in [0.25, 0.3) is 11.4 Å². The number of piperidine rings is 1. The average Bonchev–Trinajstić information content (AvgIpc) is 3.29. The van der Waals surface area contributed by atoms with E-state index in [9.17, 15) is 9.50 Å². The monoisotopic (exact) mass is 422 g/mol. The fraction of sp³-hybridized carbons (Fsp3) is 0.348. The number of nitrogens with zero attached hydrogens (tertiary/aromatic N) is 4. The second kappa shape index (κ2) is 9.69. The van der Waals surface area contributed by atoms with E-state index in [0.29, 0.717) is 41.7 Å². The fourth-order valence-electron chi connectivity index (χ4n) is 3.74. The highest BCUT2D eigenvalue weighted by Gasteiger charge is 2.27. The minimum Gasteiger partial charge on any atom is -0.491 e. The molecule has 2 heterocycles. The van der Waals surface area contributed by atoms with Crippen LogP contribution in [-0.2, 0) is 0 Å². The van der Waals surface area contributed by atoms with Crippen LogP contribution in [0.15, 0.2) is 53.1 Å². The molecule has 2 unspecified atom stereocenters. The fourth-order valence-corrected chi connectivity index (χ4v) is 3.74. The van der Waals surface area contributed by atoms with E-state index >= 15 is 0 Å². The van der Waals surface area contributed by atoms with Gasteiger partial charge in [-0.3, -0.25) is 4.90 Å². The van der Waals surface area contributed by atoms with Gasteiger partial charge in [0.1, 0.15) is 24.3 Å². The Bertz CT molecular complexity index is 1050. The molecular weight excluding hydrogens is 399 g/mol. The van der Waals surface area contributed by atoms with E-state index < -0.39 is 6.10 Å². The standard InChI is InChI=1S/C23H23FN4O3/c24-19-5-1-3-17(11-19)22-26-23(31-27-22)18-4-2-10-28(13-18)14-20(29)15-30-21-8-6-16(12-25)7-9-21/h1,3,5-9,11,18,20,29H,2,4,10,13-15H2. The Morgan fingerprint density at radius 3 is 2.90 bits per heavy atom. The van der Waals surface area contributed by atoms with Gasteiger partial charge in [0, 0.05) is 18.7 Å². The summed E-state index contributed by atoms with van der Waals surface area (Å²) in [5.41, 5.74) is 1.15. The molecule has 0 bridgehead atoms. The van der Waals surface area contributed by atoms with Crippen molar-refractivity contribution in [1.82, 2.24) is 15.0 Å². The molecule has 1 aliphatic heterocycles. The Labute approximate surface area is 179 Å². The number of nitriles is 1. The Morgan fingerprint density at radius 1 is 1.29 bits per heavy atom. The van der Waals surface area contributed by atoms with Gasteiger partial charge in [-0.2, -0.15) is 10.2 Å². The first kappa shape index (κ1) is 21.0. The number of β-amino-alcohol motifs (C(OH)–C–C–N with tert-alkyl or cyclic N) is 1. The van der Waals surface area contributed by atoms with Crippen molar-refractivity contribution < 1.29 is 18.8 Å². The van der Waals surface area contributed by atoms with Gasteiger partial charge in [-0.1, -0.05) is 17.3 Å². The van der Waals surface area contributed by atoms with Gasteiger partial charge >= 0.3 is 0 Å². The molecule has 2 atom stereocenters.